The first-order chi connectivity index (χ1) is 10.6. The van der Waals surface area contributed by atoms with Gasteiger partial charge in [-0.05, 0) is 30.9 Å². The van der Waals surface area contributed by atoms with E-state index in [-0.39, 0.29) is 17.9 Å². The van der Waals surface area contributed by atoms with E-state index in [0.29, 0.717) is 25.9 Å². The van der Waals surface area contributed by atoms with E-state index < -0.39 is 0 Å². The molecule has 3 rings (SSSR count). The molecule has 1 aliphatic heterocycles. The Morgan fingerprint density at radius 1 is 1.27 bits per heavy atom. The molecule has 0 saturated carbocycles. The first-order valence-electron chi connectivity index (χ1n) is 7.93. The number of hydrogen-bond donors (Lipinski definition) is 1. The molecule has 1 aromatic heterocycles. The van der Waals surface area contributed by atoms with Gasteiger partial charge >= 0.3 is 0 Å². The predicted molar refractivity (Wildman–Crippen MR) is 87.0 cm³/mol. The minimum absolute atomic E-state index is 0.0485. The first-order valence-corrected chi connectivity index (χ1v) is 7.93. The number of carbonyl (C=O) groups is 1. The van der Waals surface area contributed by atoms with Crippen molar-refractivity contribution in [2.75, 3.05) is 13.1 Å². The molecule has 1 N–H and O–H groups in total. The zero-order chi connectivity index (χ0) is 15.7. The highest BCUT2D eigenvalue weighted by Crippen LogP contribution is 2.24. The summed E-state index contributed by atoms with van der Waals surface area (Å²) in [4.78, 5) is 19.4. The smallest absolute Gasteiger partial charge is 0.254 e. The fourth-order valence-corrected chi connectivity index (χ4v) is 2.91. The van der Waals surface area contributed by atoms with Gasteiger partial charge in [-0.15, -0.1) is 0 Å². The molecule has 0 unspecified atom stereocenters. The number of amides is 1. The van der Waals surface area contributed by atoms with Gasteiger partial charge in [0.25, 0.3) is 5.91 Å². The summed E-state index contributed by atoms with van der Waals surface area (Å²) in [6.07, 6.45) is 1.04. The van der Waals surface area contributed by atoms with E-state index in [1.807, 2.05) is 35.2 Å². The van der Waals surface area contributed by atoms with Gasteiger partial charge in [-0.25, -0.2) is 0 Å². The lowest BCUT2D eigenvalue weighted by Gasteiger charge is -2.30. The van der Waals surface area contributed by atoms with Crippen LogP contribution in [0.15, 0.2) is 30.3 Å². The summed E-state index contributed by atoms with van der Waals surface area (Å²) in [5.74, 6) is 0.326. The first kappa shape index (κ1) is 15.0. The van der Waals surface area contributed by atoms with E-state index in [1.165, 1.54) is 0 Å². The maximum atomic E-state index is 12.9. The molecule has 1 saturated heterocycles. The van der Waals surface area contributed by atoms with E-state index in [9.17, 15) is 9.90 Å². The number of carbonyl (C=O) groups excluding carboxylic acids is 1. The molecule has 4 nitrogen and oxygen atoms in total. The molecule has 4 heteroatoms. The summed E-state index contributed by atoms with van der Waals surface area (Å²) in [7, 11) is 0. The van der Waals surface area contributed by atoms with Gasteiger partial charge < -0.3 is 10.0 Å². The van der Waals surface area contributed by atoms with E-state index in [4.69, 9.17) is 0 Å². The van der Waals surface area contributed by atoms with Gasteiger partial charge in [0.15, 0.2) is 0 Å². The largest absolute Gasteiger partial charge is 0.393 e. The second-order valence-corrected chi connectivity index (χ2v) is 6.29. The van der Waals surface area contributed by atoms with Crippen LogP contribution in [0.2, 0.25) is 0 Å². The van der Waals surface area contributed by atoms with Crippen LogP contribution in [0, 0.1) is 0 Å². The van der Waals surface area contributed by atoms with E-state index in [0.717, 1.165) is 22.2 Å². The van der Waals surface area contributed by atoms with Crippen molar-refractivity contribution in [3.63, 3.8) is 0 Å². The summed E-state index contributed by atoms with van der Waals surface area (Å²) in [6.45, 7) is 5.41. The van der Waals surface area contributed by atoms with Crippen molar-refractivity contribution in [2.24, 2.45) is 0 Å². The Morgan fingerprint density at radius 3 is 2.64 bits per heavy atom. The number of nitrogens with zero attached hydrogens (tertiary/aromatic N) is 2. The van der Waals surface area contributed by atoms with Crippen molar-refractivity contribution < 1.29 is 9.90 Å². The summed E-state index contributed by atoms with van der Waals surface area (Å²) in [6, 6.07) is 9.73. The molecule has 0 aliphatic carbocycles. The highest BCUT2D eigenvalue weighted by Gasteiger charge is 2.24. The number of fused-ring (bicyclic) bond motifs is 1. The summed E-state index contributed by atoms with van der Waals surface area (Å²) in [5, 5.41) is 10.5. The van der Waals surface area contributed by atoms with Crippen LogP contribution < -0.4 is 0 Å². The number of rotatable bonds is 2. The van der Waals surface area contributed by atoms with Gasteiger partial charge in [0.2, 0.25) is 0 Å². The number of likely N-dealkylation sites (tertiary alicyclic amines) is 1. The molecule has 116 valence electrons. The molecule has 0 spiro atoms. The zero-order valence-corrected chi connectivity index (χ0v) is 13.1. The van der Waals surface area contributed by atoms with Crippen LogP contribution in [0.1, 0.15) is 48.7 Å². The number of piperidine rings is 1. The van der Waals surface area contributed by atoms with Crippen molar-refractivity contribution in [3.05, 3.63) is 41.6 Å². The lowest BCUT2D eigenvalue weighted by atomic mass is 10.0. The van der Waals surface area contributed by atoms with Crippen molar-refractivity contribution >= 4 is 16.8 Å². The molecule has 1 fully saturated rings. The summed E-state index contributed by atoms with van der Waals surface area (Å²) >= 11 is 0. The van der Waals surface area contributed by atoms with E-state index in [1.54, 1.807) is 0 Å². The molecule has 1 aliphatic rings. The number of benzene rings is 1. The molecule has 22 heavy (non-hydrogen) atoms. The van der Waals surface area contributed by atoms with Crippen LogP contribution in [0.5, 0.6) is 0 Å². The van der Waals surface area contributed by atoms with Crippen molar-refractivity contribution in [2.45, 2.75) is 38.7 Å². The van der Waals surface area contributed by atoms with Crippen molar-refractivity contribution in [3.8, 4) is 0 Å². The number of aromatic nitrogens is 1. The van der Waals surface area contributed by atoms with Gasteiger partial charge in [0, 0.05) is 24.2 Å². The van der Waals surface area contributed by atoms with Crippen LogP contribution in [0.25, 0.3) is 10.9 Å². The lowest BCUT2D eigenvalue weighted by molar-refractivity contribution is 0.0548. The Balaban J connectivity index is 2.03. The normalized spacial score (nSPS) is 16.5. The standard InChI is InChI=1S/C18H22N2O2/c1-12(2)17-11-15(14-5-3-4-6-16(14)19-17)18(22)20-9-7-13(21)8-10-20/h3-6,11-13,21H,7-10H2,1-2H3. The van der Waals surface area contributed by atoms with Gasteiger partial charge in [0.1, 0.15) is 0 Å². The number of pyridine rings is 1. The maximum absolute atomic E-state index is 12.9. The average molecular weight is 298 g/mol. The second kappa shape index (κ2) is 6.05. The topological polar surface area (TPSA) is 53.4 Å². The Morgan fingerprint density at radius 2 is 1.95 bits per heavy atom. The van der Waals surface area contributed by atoms with Crippen molar-refractivity contribution in [1.29, 1.82) is 0 Å². The van der Waals surface area contributed by atoms with Crippen LogP contribution in [-0.4, -0.2) is 40.1 Å². The Labute approximate surface area is 130 Å². The number of para-hydroxylation sites is 1. The zero-order valence-electron chi connectivity index (χ0n) is 13.1. The summed E-state index contributed by atoms with van der Waals surface area (Å²) in [5.41, 5.74) is 2.54. The third-order valence-corrected chi connectivity index (χ3v) is 4.31. The monoisotopic (exact) mass is 298 g/mol. The quantitative estimate of drug-likeness (QED) is 0.927. The SMILES string of the molecule is CC(C)c1cc(C(=O)N2CCC(O)CC2)c2ccccc2n1. The Kier molecular flexibility index (Phi) is 4.12. The third kappa shape index (κ3) is 2.83. The Bertz CT molecular complexity index is 689. The van der Waals surface area contributed by atoms with Gasteiger partial charge in [0.05, 0.1) is 17.2 Å². The average Bonchev–Trinajstić information content (AvgIpc) is 2.53. The van der Waals surface area contributed by atoms with Gasteiger partial charge in [-0.1, -0.05) is 32.0 Å². The Hall–Kier alpha value is -1.94. The molecule has 0 radical (unpaired) electrons. The van der Waals surface area contributed by atoms with E-state index >= 15 is 0 Å². The summed E-state index contributed by atoms with van der Waals surface area (Å²) < 4.78 is 0. The molecule has 0 bridgehead atoms. The molecule has 1 aromatic carbocycles. The second-order valence-electron chi connectivity index (χ2n) is 6.29. The van der Waals surface area contributed by atoms with Gasteiger partial charge in [-0.2, -0.15) is 0 Å². The molecule has 0 atom stereocenters. The van der Waals surface area contributed by atoms with E-state index in [2.05, 4.69) is 18.8 Å². The lowest BCUT2D eigenvalue weighted by Crippen LogP contribution is -2.40. The maximum Gasteiger partial charge on any atom is 0.254 e. The number of aliphatic hydroxyl groups excluding tert-OH is 1. The van der Waals surface area contributed by atoms with Crippen LogP contribution in [0.3, 0.4) is 0 Å². The highest BCUT2D eigenvalue weighted by molar-refractivity contribution is 6.06. The van der Waals surface area contributed by atoms with Crippen LogP contribution in [-0.2, 0) is 0 Å². The number of hydrogen-bond acceptors (Lipinski definition) is 3. The highest BCUT2D eigenvalue weighted by atomic mass is 16.3. The molecular weight excluding hydrogens is 276 g/mol. The molecule has 2 aromatic rings. The van der Waals surface area contributed by atoms with Gasteiger partial charge in [-0.3, -0.25) is 9.78 Å². The minimum atomic E-state index is -0.274. The van der Waals surface area contributed by atoms with Crippen molar-refractivity contribution in [1.82, 2.24) is 9.88 Å². The molecule has 2 heterocycles. The number of aliphatic hydroxyl groups is 1. The fourth-order valence-electron chi connectivity index (χ4n) is 2.91. The van der Waals surface area contributed by atoms with Crippen LogP contribution in [0.4, 0.5) is 0 Å². The third-order valence-electron chi connectivity index (χ3n) is 4.31. The fraction of sp³-hybridized carbons (Fsp3) is 0.444. The minimum Gasteiger partial charge on any atom is -0.393 e. The van der Waals surface area contributed by atoms with Crippen LogP contribution >= 0.6 is 0 Å². The molecular formula is C18H22N2O2. The molecule has 1 amide bonds. The predicted octanol–water partition coefficient (Wildman–Crippen LogP) is 2.96.